The fourth-order valence-electron chi connectivity index (χ4n) is 4.47. The van der Waals surface area contributed by atoms with E-state index in [1.54, 1.807) is 24.3 Å². The van der Waals surface area contributed by atoms with Crippen molar-refractivity contribution in [2.75, 3.05) is 13.1 Å². The quantitative estimate of drug-likeness (QED) is 0.798. The van der Waals surface area contributed by atoms with Crippen molar-refractivity contribution >= 4 is 17.6 Å². The van der Waals surface area contributed by atoms with E-state index in [-0.39, 0.29) is 24.2 Å². The fraction of sp³-hybridized carbons (Fsp3) is 0.375. The molecule has 0 bridgehead atoms. The standard InChI is InChI=1S/C24H26N2O3/c27-22(20-13-12-17-7-4-5-10-19(17)15-20)16-26-14-6-11-21(26)24(29)25-23(28)18-8-2-1-3-9-18/h1-5,7-10,20-21H,6,11-16H2,(H,25,28,29)/t20?,21-/m1/s1. The predicted octanol–water partition coefficient (Wildman–Crippen LogP) is 2.78. The number of carbonyl (C=O) groups excluding carboxylic acids is 3. The first kappa shape index (κ1) is 19.5. The highest BCUT2D eigenvalue weighted by Gasteiger charge is 2.34. The zero-order chi connectivity index (χ0) is 20.2. The van der Waals surface area contributed by atoms with E-state index in [1.165, 1.54) is 11.1 Å². The van der Waals surface area contributed by atoms with Crippen molar-refractivity contribution in [3.05, 3.63) is 71.3 Å². The number of fused-ring (bicyclic) bond motifs is 1. The van der Waals surface area contributed by atoms with Crippen LogP contribution < -0.4 is 5.32 Å². The van der Waals surface area contributed by atoms with Crippen LogP contribution in [0.5, 0.6) is 0 Å². The van der Waals surface area contributed by atoms with E-state index < -0.39 is 11.9 Å². The molecule has 2 aromatic rings. The van der Waals surface area contributed by atoms with E-state index >= 15 is 0 Å². The van der Waals surface area contributed by atoms with Gasteiger partial charge in [-0.05, 0) is 61.9 Å². The third-order valence-corrected chi connectivity index (χ3v) is 6.10. The Kier molecular flexibility index (Phi) is 5.86. The van der Waals surface area contributed by atoms with Crippen molar-refractivity contribution in [1.29, 1.82) is 0 Å². The Labute approximate surface area is 171 Å². The zero-order valence-corrected chi connectivity index (χ0v) is 16.5. The van der Waals surface area contributed by atoms with Crippen LogP contribution in [0.2, 0.25) is 0 Å². The van der Waals surface area contributed by atoms with Gasteiger partial charge in [-0.25, -0.2) is 0 Å². The van der Waals surface area contributed by atoms with Crippen LogP contribution in [-0.4, -0.2) is 41.6 Å². The van der Waals surface area contributed by atoms with Gasteiger partial charge in [-0.2, -0.15) is 0 Å². The lowest BCUT2D eigenvalue weighted by Gasteiger charge is -2.27. The largest absolute Gasteiger partial charge is 0.298 e. The Bertz CT molecular complexity index is 909. The Morgan fingerprint density at radius 2 is 1.66 bits per heavy atom. The van der Waals surface area contributed by atoms with E-state index in [9.17, 15) is 14.4 Å². The van der Waals surface area contributed by atoms with Crippen molar-refractivity contribution < 1.29 is 14.4 Å². The smallest absolute Gasteiger partial charge is 0.257 e. The SMILES string of the molecule is O=C(NC(=O)[C@H]1CCCN1CC(=O)C1CCc2ccccc2C1)c1ccccc1. The zero-order valence-electron chi connectivity index (χ0n) is 16.5. The molecule has 1 saturated heterocycles. The number of ketones is 1. The lowest BCUT2D eigenvalue weighted by atomic mass is 9.81. The second-order valence-electron chi connectivity index (χ2n) is 7.99. The van der Waals surface area contributed by atoms with Gasteiger partial charge in [0.05, 0.1) is 12.6 Å². The number of nitrogens with zero attached hydrogens (tertiary/aromatic N) is 1. The first-order chi connectivity index (χ1) is 14.1. The van der Waals surface area contributed by atoms with E-state index in [0.29, 0.717) is 18.5 Å². The molecular formula is C24H26N2O3. The van der Waals surface area contributed by atoms with Crippen LogP contribution in [0.4, 0.5) is 0 Å². The van der Waals surface area contributed by atoms with E-state index in [1.807, 2.05) is 23.1 Å². The van der Waals surface area contributed by atoms with Gasteiger partial charge < -0.3 is 0 Å². The minimum absolute atomic E-state index is 0.0140. The van der Waals surface area contributed by atoms with Crippen molar-refractivity contribution in [2.24, 2.45) is 5.92 Å². The second kappa shape index (κ2) is 8.70. The summed E-state index contributed by atoms with van der Waals surface area (Å²) in [6.45, 7) is 0.997. The van der Waals surface area contributed by atoms with Crippen LogP contribution in [-0.2, 0) is 22.4 Å². The summed E-state index contributed by atoms with van der Waals surface area (Å²) in [4.78, 5) is 39.8. The minimum Gasteiger partial charge on any atom is -0.298 e. The molecule has 1 aliphatic heterocycles. The first-order valence-corrected chi connectivity index (χ1v) is 10.4. The summed E-state index contributed by atoms with van der Waals surface area (Å²) in [5.41, 5.74) is 3.07. The monoisotopic (exact) mass is 390 g/mol. The predicted molar refractivity (Wildman–Crippen MR) is 110 cm³/mol. The van der Waals surface area contributed by atoms with Crippen LogP contribution in [0.1, 0.15) is 40.7 Å². The van der Waals surface area contributed by atoms with Crippen LogP contribution in [0.3, 0.4) is 0 Å². The number of Topliss-reactive ketones (excluding diaryl/α,β-unsaturated/α-hetero) is 1. The molecule has 2 aromatic carbocycles. The van der Waals surface area contributed by atoms with Crippen LogP contribution >= 0.6 is 0 Å². The summed E-state index contributed by atoms with van der Waals surface area (Å²) in [5.74, 6) is -0.482. The van der Waals surface area contributed by atoms with Gasteiger partial charge in [-0.3, -0.25) is 24.6 Å². The van der Waals surface area contributed by atoms with Gasteiger partial charge in [0.15, 0.2) is 0 Å². The molecule has 5 nitrogen and oxygen atoms in total. The molecule has 2 aliphatic rings. The summed E-state index contributed by atoms with van der Waals surface area (Å²) in [7, 11) is 0. The summed E-state index contributed by atoms with van der Waals surface area (Å²) >= 11 is 0. The second-order valence-corrected chi connectivity index (χ2v) is 7.99. The molecule has 1 heterocycles. The van der Waals surface area contributed by atoms with Gasteiger partial charge in [-0.15, -0.1) is 0 Å². The number of hydrogen-bond donors (Lipinski definition) is 1. The van der Waals surface area contributed by atoms with Crippen molar-refractivity contribution in [3.63, 3.8) is 0 Å². The maximum Gasteiger partial charge on any atom is 0.257 e. The van der Waals surface area contributed by atoms with E-state index in [4.69, 9.17) is 0 Å². The normalized spacial score (nSPS) is 21.4. The molecule has 0 spiro atoms. The molecule has 1 aliphatic carbocycles. The molecule has 2 atom stereocenters. The number of imide groups is 1. The summed E-state index contributed by atoms with van der Waals surface area (Å²) in [6.07, 6.45) is 4.12. The summed E-state index contributed by atoms with van der Waals surface area (Å²) in [5, 5.41) is 2.50. The maximum atomic E-state index is 12.9. The van der Waals surface area contributed by atoms with Gasteiger partial charge >= 0.3 is 0 Å². The summed E-state index contributed by atoms with van der Waals surface area (Å²) in [6, 6.07) is 16.6. The number of carbonyl (C=O) groups is 3. The highest BCUT2D eigenvalue weighted by atomic mass is 16.2. The molecule has 5 heteroatoms. The molecule has 0 aromatic heterocycles. The number of hydrogen-bond acceptors (Lipinski definition) is 4. The number of likely N-dealkylation sites (tertiary alicyclic amines) is 1. The van der Waals surface area contributed by atoms with Gasteiger partial charge in [-0.1, -0.05) is 42.5 Å². The van der Waals surface area contributed by atoms with Gasteiger partial charge in [0, 0.05) is 11.5 Å². The summed E-state index contributed by atoms with van der Waals surface area (Å²) < 4.78 is 0. The fourth-order valence-corrected chi connectivity index (χ4v) is 4.47. The Hall–Kier alpha value is -2.79. The molecule has 1 unspecified atom stereocenters. The van der Waals surface area contributed by atoms with Crippen molar-refractivity contribution in [3.8, 4) is 0 Å². The van der Waals surface area contributed by atoms with Gasteiger partial charge in [0.1, 0.15) is 5.78 Å². The molecule has 150 valence electrons. The molecule has 0 radical (unpaired) electrons. The highest BCUT2D eigenvalue weighted by Crippen LogP contribution is 2.27. The number of nitrogens with one attached hydrogen (secondary N) is 1. The molecule has 29 heavy (non-hydrogen) atoms. The van der Waals surface area contributed by atoms with Crippen LogP contribution in [0.25, 0.3) is 0 Å². The Morgan fingerprint density at radius 1 is 0.931 bits per heavy atom. The molecule has 1 fully saturated rings. The number of aryl methyl sites for hydroxylation is 1. The van der Waals surface area contributed by atoms with Crippen molar-refractivity contribution in [2.45, 2.75) is 38.1 Å². The Balaban J connectivity index is 1.35. The lowest BCUT2D eigenvalue weighted by molar-refractivity contribution is -0.128. The lowest BCUT2D eigenvalue weighted by Crippen LogP contribution is -2.47. The van der Waals surface area contributed by atoms with E-state index in [2.05, 4.69) is 17.4 Å². The molecule has 0 saturated carbocycles. The number of rotatable bonds is 5. The molecular weight excluding hydrogens is 364 g/mol. The maximum absolute atomic E-state index is 12.9. The van der Waals surface area contributed by atoms with Crippen molar-refractivity contribution in [1.82, 2.24) is 10.2 Å². The highest BCUT2D eigenvalue weighted by molar-refractivity contribution is 6.06. The third kappa shape index (κ3) is 4.46. The Morgan fingerprint density at radius 3 is 2.45 bits per heavy atom. The molecule has 4 rings (SSSR count). The van der Waals surface area contributed by atoms with Crippen LogP contribution in [0.15, 0.2) is 54.6 Å². The number of benzene rings is 2. The van der Waals surface area contributed by atoms with Crippen LogP contribution in [0, 0.1) is 5.92 Å². The topological polar surface area (TPSA) is 66.5 Å². The molecule has 1 N–H and O–H groups in total. The minimum atomic E-state index is -0.414. The van der Waals surface area contributed by atoms with Gasteiger partial charge in [0.2, 0.25) is 5.91 Å². The van der Waals surface area contributed by atoms with Gasteiger partial charge in [0.25, 0.3) is 5.91 Å². The average molecular weight is 390 g/mol. The van der Waals surface area contributed by atoms with E-state index in [0.717, 1.165) is 25.7 Å². The average Bonchev–Trinajstić information content (AvgIpc) is 3.22. The molecule has 2 amide bonds. The number of amides is 2. The first-order valence-electron chi connectivity index (χ1n) is 10.4. The third-order valence-electron chi connectivity index (χ3n) is 6.10.